The molecule has 1 unspecified atom stereocenters. The van der Waals surface area contributed by atoms with Gasteiger partial charge in [0.1, 0.15) is 17.8 Å². The fourth-order valence-electron chi connectivity index (χ4n) is 2.18. The summed E-state index contributed by atoms with van der Waals surface area (Å²) >= 11 is 0. The highest BCUT2D eigenvalue weighted by molar-refractivity contribution is 6.02. The summed E-state index contributed by atoms with van der Waals surface area (Å²) in [6.45, 7) is 2.09. The lowest BCUT2D eigenvalue weighted by molar-refractivity contribution is 0.102. The molecule has 0 fully saturated rings. The van der Waals surface area contributed by atoms with E-state index in [-0.39, 0.29) is 17.6 Å². The first-order valence-electron chi connectivity index (χ1n) is 7.82. The number of hydrogen-bond donors (Lipinski definition) is 2. The van der Waals surface area contributed by atoms with Gasteiger partial charge in [0, 0.05) is 23.9 Å². The van der Waals surface area contributed by atoms with E-state index in [4.69, 9.17) is 19.6 Å². The lowest BCUT2D eigenvalue weighted by Crippen LogP contribution is -2.14. The minimum atomic E-state index is -0.386. The Bertz CT molecular complexity index is 662. The standard InChI is InChI=1S/C17H23N3O4/c1-4-5-6-14(18)17-20-15(10-24-17)16(21)19-11-7-12(22-2)9-13(8-11)23-3/h7-10,14H,4-6,18H2,1-3H3,(H,19,21). The zero-order valence-electron chi connectivity index (χ0n) is 14.2. The summed E-state index contributed by atoms with van der Waals surface area (Å²) in [6, 6.07) is 4.79. The Morgan fingerprint density at radius 3 is 2.54 bits per heavy atom. The number of unbranched alkanes of at least 4 members (excludes halogenated alkanes) is 1. The van der Waals surface area contributed by atoms with Crippen molar-refractivity contribution in [3.63, 3.8) is 0 Å². The predicted molar refractivity (Wildman–Crippen MR) is 90.5 cm³/mol. The molecular weight excluding hydrogens is 310 g/mol. The summed E-state index contributed by atoms with van der Waals surface area (Å²) in [7, 11) is 3.09. The van der Waals surface area contributed by atoms with Gasteiger partial charge in [0.15, 0.2) is 5.69 Å². The number of anilines is 1. The number of aromatic nitrogens is 1. The van der Waals surface area contributed by atoms with Gasteiger partial charge < -0.3 is 24.9 Å². The molecule has 1 atom stereocenters. The van der Waals surface area contributed by atoms with E-state index in [2.05, 4.69) is 17.2 Å². The number of carbonyl (C=O) groups excluding carboxylic acids is 1. The van der Waals surface area contributed by atoms with E-state index in [0.29, 0.717) is 23.1 Å². The van der Waals surface area contributed by atoms with Crippen LogP contribution in [0.3, 0.4) is 0 Å². The van der Waals surface area contributed by atoms with Gasteiger partial charge in [0.05, 0.1) is 20.3 Å². The van der Waals surface area contributed by atoms with E-state index in [1.165, 1.54) is 6.26 Å². The largest absolute Gasteiger partial charge is 0.497 e. The highest BCUT2D eigenvalue weighted by Gasteiger charge is 2.17. The van der Waals surface area contributed by atoms with Crippen LogP contribution in [0, 0.1) is 0 Å². The van der Waals surface area contributed by atoms with Crippen molar-refractivity contribution in [1.82, 2.24) is 4.98 Å². The zero-order valence-corrected chi connectivity index (χ0v) is 14.2. The fraction of sp³-hybridized carbons (Fsp3) is 0.412. The van der Waals surface area contributed by atoms with Crippen molar-refractivity contribution >= 4 is 11.6 Å². The van der Waals surface area contributed by atoms with Crippen LogP contribution < -0.4 is 20.5 Å². The number of nitrogens with zero attached hydrogens (tertiary/aromatic N) is 1. The van der Waals surface area contributed by atoms with Crippen molar-refractivity contribution in [1.29, 1.82) is 0 Å². The SMILES string of the molecule is CCCCC(N)c1nc(C(=O)Nc2cc(OC)cc(OC)c2)co1. The molecule has 7 nitrogen and oxygen atoms in total. The molecule has 1 amide bonds. The third kappa shape index (κ3) is 4.48. The number of carbonyl (C=O) groups is 1. The second-order valence-electron chi connectivity index (χ2n) is 5.38. The van der Waals surface area contributed by atoms with Crippen molar-refractivity contribution in [3.05, 3.63) is 36.0 Å². The van der Waals surface area contributed by atoms with Crippen molar-refractivity contribution in [2.75, 3.05) is 19.5 Å². The van der Waals surface area contributed by atoms with E-state index in [1.807, 2.05) is 0 Å². The number of ether oxygens (including phenoxy) is 2. The van der Waals surface area contributed by atoms with Crippen molar-refractivity contribution in [3.8, 4) is 11.5 Å². The molecule has 0 aliphatic heterocycles. The molecule has 1 aromatic carbocycles. The fourth-order valence-corrected chi connectivity index (χ4v) is 2.18. The number of rotatable bonds is 8. The molecule has 0 aliphatic carbocycles. The quantitative estimate of drug-likeness (QED) is 0.770. The molecule has 0 saturated carbocycles. The first-order chi connectivity index (χ1) is 11.6. The average molecular weight is 333 g/mol. The first kappa shape index (κ1) is 17.8. The summed E-state index contributed by atoms with van der Waals surface area (Å²) in [6.07, 6.45) is 4.10. The zero-order chi connectivity index (χ0) is 17.5. The highest BCUT2D eigenvalue weighted by Crippen LogP contribution is 2.26. The molecule has 1 aromatic heterocycles. The minimum absolute atomic E-state index is 0.179. The molecule has 0 saturated heterocycles. The monoisotopic (exact) mass is 333 g/mol. The van der Waals surface area contributed by atoms with Gasteiger partial charge in [-0.2, -0.15) is 0 Å². The second kappa shape index (κ2) is 8.35. The molecule has 0 aliphatic rings. The van der Waals surface area contributed by atoms with Gasteiger partial charge in [-0.1, -0.05) is 19.8 Å². The van der Waals surface area contributed by atoms with Gasteiger partial charge in [0.2, 0.25) is 5.89 Å². The van der Waals surface area contributed by atoms with Crippen LogP contribution in [0.15, 0.2) is 28.9 Å². The summed E-state index contributed by atoms with van der Waals surface area (Å²) in [5, 5.41) is 2.74. The highest BCUT2D eigenvalue weighted by atomic mass is 16.5. The van der Waals surface area contributed by atoms with Crippen LogP contribution in [0.25, 0.3) is 0 Å². The maximum absolute atomic E-state index is 12.3. The molecule has 2 rings (SSSR count). The van der Waals surface area contributed by atoms with Gasteiger partial charge in [-0.25, -0.2) is 4.98 Å². The molecule has 1 heterocycles. The molecule has 0 bridgehead atoms. The molecule has 0 radical (unpaired) electrons. The van der Waals surface area contributed by atoms with Crippen molar-refractivity contribution in [2.24, 2.45) is 5.73 Å². The predicted octanol–water partition coefficient (Wildman–Crippen LogP) is 3.13. The van der Waals surface area contributed by atoms with Crippen LogP contribution in [0.2, 0.25) is 0 Å². The first-order valence-corrected chi connectivity index (χ1v) is 7.82. The maximum Gasteiger partial charge on any atom is 0.277 e. The molecule has 24 heavy (non-hydrogen) atoms. The van der Waals surface area contributed by atoms with Gasteiger partial charge in [-0.3, -0.25) is 4.79 Å². The van der Waals surface area contributed by atoms with Crippen LogP contribution in [-0.4, -0.2) is 25.1 Å². The topological polar surface area (TPSA) is 99.6 Å². The third-order valence-electron chi connectivity index (χ3n) is 3.55. The number of oxazole rings is 1. The summed E-state index contributed by atoms with van der Waals surface area (Å²) in [5.74, 6) is 1.14. The minimum Gasteiger partial charge on any atom is -0.497 e. The Morgan fingerprint density at radius 1 is 1.29 bits per heavy atom. The summed E-state index contributed by atoms with van der Waals surface area (Å²) < 4.78 is 15.7. The number of nitrogens with two attached hydrogens (primary N) is 1. The molecule has 3 N–H and O–H groups in total. The Kier molecular flexibility index (Phi) is 6.20. The van der Waals surface area contributed by atoms with Crippen LogP contribution in [0.4, 0.5) is 5.69 Å². The number of amides is 1. The lowest BCUT2D eigenvalue weighted by atomic mass is 10.1. The van der Waals surface area contributed by atoms with Gasteiger partial charge >= 0.3 is 0 Å². The summed E-state index contributed by atoms with van der Waals surface area (Å²) in [4.78, 5) is 16.5. The van der Waals surface area contributed by atoms with Crippen molar-refractivity contribution in [2.45, 2.75) is 32.2 Å². The smallest absolute Gasteiger partial charge is 0.277 e. The van der Waals surface area contributed by atoms with Crippen LogP contribution >= 0.6 is 0 Å². The lowest BCUT2D eigenvalue weighted by Gasteiger charge is -2.09. The van der Waals surface area contributed by atoms with Crippen LogP contribution in [0.5, 0.6) is 11.5 Å². The average Bonchev–Trinajstić information content (AvgIpc) is 3.09. The molecule has 0 spiro atoms. The second-order valence-corrected chi connectivity index (χ2v) is 5.38. The number of hydrogen-bond acceptors (Lipinski definition) is 6. The van der Waals surface area contributed by atoms with E-state index in [9.17, 15) is 4.79 Å². The Morgan fingerprint density at radius 2 is 1.96 bits per heavy atom. The third-order valence-corrected chi connectivity index (χ3v) is 3.55. The summed E-state index contributed by atoms with van der Waals surface area (Å²) in [5.41, 5.74) is 6.72. The van der Waals surface area contributed by atoms with Crippen LogP contribution in [-0.2, 0) is 0 Å². The normalized spacial score (nSPS) is 11.8. The van der Waals surface area contributed by atoms with Gasteiger partial charge in [0.25, 0.3) is 5.91 Å². The van der Waals surface area contributed by atoms with Crippen LogP contribution in [0.1, 0.15) is 48.6 Å². The molecule has 130 valence electrons. The van der Waals surface area contributed by atoms with E-state index in [1.54, 1.807) is 32.4 Å². The number of benzene rings is 1. The molecule has 7 heteroatoms. The van der Waals surface area contributed by atoms with Gasteiger partial charge in [-0.05, 0) is 6.42 Å². The Balaban J connectivity index is 2.09. The molecular formula is C17H23N3O4. The number of methoxy groups -OCH3 is 2. The van der Waals surface area contributed by atoms with E-state index in [0.717, 1.165) is 19.3 Å². The molecule has 2 aromatic rings. The number of nitrogens with one attached hydrogen (secondary N) is 1. The maximum atomic E-state index is 12.3. The van der Waals surface area contributed by atoms with E-state index < -0.39 is 0 Å². The van der Waals surface area contributed by atoms with E-state index >= 15 is 0 Å². The van der Waals surface area contributed by atoms with Crippen molar-refractivity contribution < 1.29 is 18.7 Å². The Labute approximate surface area is 141 Å². The van der Waals surface area contributed by atoms with Gasteiger partial charge in [-0.15, -0.1) is 0 Å². The Hall–Kier alpha value is -2.54.